The molecular formula is C18H23F2IN6O. The molecule has 152 valence electrons. The van der Waals surface area contributed by atoms with Gasteiger partial charge in [0.15, 0.2) is 5.96 Å². The number of guanidine groups is 1. The Morgan fingerprint density at radius 2 is 2.11 bits per heavy atom. The highest BCUT2D eigenvalue weighted by molar-refractivity contribution is 14.0. The van der Waals surface area contributed by atoms with Gasteiger partial charge in [-0.3, -0.25) is 14.5 Å². The molecular weight excluding hydrogens is 481 g/mol. The van der Waals surface area contributed by atoms with E-state index in [4.69, 9.17) is 5.73 Å². The SMILES string of the molecule is Cc1c([C@H]2[C@H](CN=C(N)Nc3cc(F)ccc3F)CC(=O)N2C)cnn1C.I. The Kier molecular flexibility index (Phi) is 6.96. The van der Waals surface area contributed by atoms with E-state index in [-0.39, 0.29) is 60.0 Å². The Balaban J connectivity index is 0.00000280. The highest BCUT2D eigenvalue weighted by Crippen LogP contribution is 2.38. The zero-order valence-corrected chi connectivity index (χ0v) is 18.1. The van der Waals surface area contributed by atoms with Crippen molar-refractivity contribution >= 4 is 41.5 Å². The van der Waals surface area contributed by atoms with E-state index in [1.165, 1.54) is 0 Å². The molecule has 0 unspecified atom stereocenters. The lowest BCUT2D eigenvalue weighted by Gasteiger charge is -2.24. The number of carbonyl (C=O) groups excluding carboxylic acids is 1. The van der Waals surface area contributed by atoms with Gasteiger partial charge in [0.1, 0.15) is 11.6 Å². The third kappa shape index (κ3) is 4.42. The molecule has 3 N–H and O–H groups in total. The van der Waals surface area contributed by atoms with Crippen LogP contribution in [0, 0.1) is 24.5 Å². The maximum absolute atomic E-state index is 13.7. The molecule has 10 heteroatoms. The van der Waals surface area contributed by atoms with Gasteiger partial charge < -0.3 is 16.0 Å². The van der Waals surface area contributed by atoms with E-state index >= 15 is 0 Å². The van der Waals surface area contributed by atoms with Crippen LogP contribution in [0.25, 0.3) is 0 Å². The fraction of sp³-hybridized carbons (Fsp3) is 0.389. The zero-order valence-electron chi connectivity index (χ0n) is 15.8. The maximum Gasteiger partial charge on any atom is 0.223 e. The molecule has 3 rings (SSSR count). The van der Waals surface area contributed by atoms with Crippen molar-refractivity contribution in [1.82, 2.24) is 14.7 Å². The third-order valence-electron chi connectivity index (χ3n) is 4.97. The summed E-state index contributed by atoms with van der Waals surface area (Å²) >= 11 is 0. The van der Waals surface area contributed by atoms with Crippen LogP contribution in [0.4, 0.5) is 14.5 Å². The molecule has 1 amide bonds. The number of nitrogens with one attached hydrogen (secondary N) is 1. The van der Waals surface area contributed by atoms with E-state index in [1.807, 2.05) is 14.0 Å². The van der Waals surface area contributed by atoms with Crippen LogP contribution >= 0.6 is 24.0 Å². The summed E-state index contributed by atoms with van der Waals surface area (Å²) in [5.74, 6) is -1.33. The minimum absolute atomic E-state index is 0. The third-order valence-corrected chi connectivity index (χ3v) is 4.97. The number of halogens is 3. The van der Waals surface area contributed by atoms with Gasteiger partial charge in [0.2, 0.25) is 5.91 Å². The Bertz CT molecular complexity index is 900. The van der Waals surface area contributed by atoms with Crippen LogP contribution in [0.5, 0.6) is 0 Å². The topological polar surface area (TPSA) is 88.5 Å². The molecule has 2 aromatic rings. The number of aliphatic imine (C=N–C) groups is 1. The number of amides is 1. The quantitative estimate of drug-likeness (QED) is 0.381. The predicted molar refractivity (Wildman–Crippen MR) is 113 cm³/mol. The summed E-state index contributed by atoms with van der Waals surface area (Å²) < 4.78 is 28.7. The molecule has 0 radical (unpaired) electrons. The maximum atomic E-state index is 13.7. The molecule has 1 aliphatic rings. The minimum Gasteiger partial charge on any atom is -0.370 e. The van der Waals surface area contributed by atoms with Gasteiger partial charge in [-0.2, -0.15) is 5.10 Å². The number of carbonyl (C=O) groups is 1. The lowest BCUT2D eigenvalue weighted by molar-refractivity contribution is -0.127. The fourth-order valence-corrected chi connectivity index (χ4v) is 3.37. The van der Waals surface area contributed by atoms with Gasteiger partial charge in [-0.25, -0.2) is 8.78 Å². The van der Waals surface area contributed by atoms with Gasteiger partial charge in [-0.15, -0.1) is 24.0 Å². The van der Waals surface area contributed by atoms with Crippen LogP contribution in [0.15, 0.2) is 29.4 Å². The lowest BCUT2D eigenvalue weighted by Crippen LogP contribution is -2.27. The number of nitrogens with two attached hydrogens (primary N) is 1. The molecule has 0 saturated carbocycles. The van der Waals surface area contributed by atoms with Gasteiger partial charge in [0, 0.05) is 50.3 Å². The fourth-order valence-electron chi connectivity index (χ4n) is 3.37. The number of nitrogens with zero attached hydrogens (tertiary/aromatic N) is 4. The van der Waals surface area contributed by atoms with E-state index in [0.717, 1.165) is 29.5 Å². The molecule has 2 atom stereocenters. The first-order valence-electron chi connectivity index (χ1n) is 8.54. The van der Waals surface area contributed by atoms with Crippen molar-refractivity contribution in [2.75, 3.05) is 18.9 Å². The highest BCUT2D eigenvalue weighted by Gasteiger charge is 2.39. The highest BCUT2D eigenvalue weighted by atomic mass is 127. The Morgan fingerprint density at radius 1 is 1.39 bits per heavy atom. The van der Waals surface area contributed by atoms with Crippen LogP contribution in [0.1, 0.15) is 23.7 Å². The summed E-state index contributed by atoms with van der Waals surface area (Å²) in [5.41, 5.74) is 7.68. The monoisotopic (exact) mass is 504 g/mol. The molecule has 1 fully saturated rings. The first-order chi connectivity index (χ1) is 12.8. The van der Waals surface area contributed by atoms with Gasteiger partial charge >= 0.3 is 0 Å². The standard InChI is InChI=1S/C18H22F2N6O.HI/c1-10-13(9-23-26(10)3)17-11(6-16(27)25(17)2)8-22-18(21)24-15-7-12(19)4-5-14(15)20;/h4-5,7,9,11,17H,6,8H2,1-3H3,(H3,21,22,24);1H/t11-,17+;/m0./s1. The molecule has 1 aromatic carbocycles. The smallest absolute Gasteiger partial charge is 0.223 e. The van der Waals surface area contributed by atoms with Crippen LogP contribution in [-0.4, -0.2) is 40.1 Å². The summed E-state index contributed by atoms with van der Waals surface area (Å²) in [7, 11) is 3.60. The van der Waals surface area contributed by atoms with Crippen molar-refractivity contribution in [2.24, 2.45) is 23.7 Å². The Morgan fingerprint density at radius 3 is 2.75 bits per heavy atom. The summed E-state index contributed by atoms with van der Waals surface area (Å²) in [6.07, 6.45) is 2.09. The van der Waals surface area contributed by atoms with Gasteiger partial charge in [0.05, 0.1) is 17.9 Å². The summed E-state index contributed by atoms with van der Waals surface area (Å²) in [6.45, 7) is 2.22. The van der Waals surface area contributed by atoms with E-state index in [2.05, 4.69) is 15.4 Å². The zero-order chi connectivity index (χ0) is 19.7. The van der Waals surface area contributed by atoms with Crippen molar-refractivity contribution in [2.45, 2.75) is 19.4 Å². The lowest BCUT2D eigenvalue weighted by atomic mass is 9.94. The number of hydrogen-bond donors (Lipinski definition) is 2. The molecule has 0 aliphatic carbocycles. The number of aromatic nitrogens is 2. The average Bonchev–Trinajstić information content (AvgIpc) is 3.09. The number of aryl methyl sites for hydroxylation is 1. The second kappa shape index (κ2) is 8.84. The molecule has 1 aliphatic heterocycles. The largest absolute Gasteiger partial charge is 0.370 e. The van der Waals surface area contributed by atoms with E-state index < -0.39 is 11.6 Å². The van der Waals surface area contributed by atoms with Crippen LogP contribution in [0.2, 0.25) is 0 Å². The molecule has 0 bridgehead atoms. The predicted octanol–water partition coefficient (Wildman–Crippen LogP) is 2.57. The normalized spacial score (nSPS) is 19.7. The summed E-state index contributed by atoms with van der Waals surface area (Å²) in [5, 5.41) is 6.82. The van der Waals surface area contributed by atoms with Crippen molar-refractivity contribution in [1.29, 1.82) is 0 Å². The van der Waals surface area contributed by atoms with E-state index in [0.29, 0.717) is 6.42 Å². The number of likely N-dealkylation sites (tertiary alicyclic amines) is 1. The first kappa shape index (κ1) is 22.1. The van der Waals surface area contributed by atoms with E-state index in [9.17, 15) is 13.6 Å². The van der Waals surface area contributed by atoms with Crippen molar-refractivity contribution in [3.63, 3.8) is 0 Å². The number of anilines is 1. The summed E-state index contributed by atoms with van der Waals surface area (Å²) in [4.78, 5) is 18.2. The van der Waals surface area contributed by atoms with Gasteiger partial charge in [-0.05, 0) is 19.1 Å². The van der Waals surface area contributed by atoms with Crippen molar-refractivity contribution in [3.8, 4) is 0 Å². The van der Waals surface area contributed by atoms with E-state index in [1.54, 1.807) is 22.8 Å². The van der Waals surface area contributed by atoms with Gasteiger partial charge in [0.25, 0.3) is 0 Å². The Hall–Kier alpha value is -2.24. The van der Waals surface area contributed by atoms with Crippen LogP contribution in [0.3, 0.4) is 0 Å². The Labute approximate surface area is 179 Å². The second-order valence-electron chi connectivity index (χ2n) is 6.70. The summed E-state index contributed by atoms with van der Waals surface area (Å²) in [6, 6.07) is 2.88. The first-order valence-corrected chi connectivity index (χ1v) is 8.54. The number of hydrogen-bond acceptors (Lipinski definition) is 3. The van der Waals surface area contributed by atoms with Crippen LogP contribution < -0.4 is 11.1 Å². The molecule has 1 aromatic heterocycles. The molecule has 2 heterocycles. The molecule has 0 spiro atoms. The number of benzene rings is 1. The number of rotatable bonds is 4. The molecule has 7 nitrogen and oxygen atoms in total. The average molecular weight is 504 g/mol. The molecule has 1 saturated heterocycles. The van der Waals surface area contributed by atoms with Gasteiger partial charge in [-0.1, -0.05) is 0 Å². The minimum atomic E-state index is -0.630. The van der Waals surface area contributed by atoms with Crippen LogP contribution in [-0.2, 0) is 11.8 Å². The molecule has 28 heavy (non-hydrogen) atoms. The second-order valence-corrected chi connectivity index (χ2v) is 6.70. The van der Waals surface area contributed by atoms with Crippen molar-refractivity contribution < 1.29 is 13.6 Å². The van der Waals surface area contributed by atoms with Crippen molar-refractivity contribution in [3.05, 3.63) is 47.3 Å².